The Balaban J connectivity index is 1.57. The first-order chi connectivity index (χ1) is 10.7. The van der Waals surface area contributed by atoms with Crippen molar-refractivity contribution >= 4 is 5.91 Å². The van der Waals surface area contributed by atoms with E-state index in [1.807, 2.05) is 24.0 Å². The molecule has 1 aliphatic heterocycles. The smallest absolute Gasteiger partial charge is 0.233 e. The van der Waals surface area contributed by atoms with Gasteiger partial charge in [0.25, 0.3) is 0 Å². The van der Waals surface area contributed by atoms with Crippen LogP contribution in [0, 0.1) is 12.8 Å². The Kier molecular flexibility index (Phi) is 4.71. The fourth-order valence-electron chi connectivity index (χ4n) is 3.13. The minimum atomic E-state index is 0.0221. The largest absolute Gasteiger partial charge is 0.471 e. The molecular formula is C17H23N3O2. The van der Waals surface area contributed by atoms with E-state index in [-0.39, 0.29) is 17.9 Å². The predicted octanol–water partition coefficient (Wildman–Crippen LogP) is 2.51. The van der Waals surface area contributed by atoms with Crippen LogP contribution in [0.2, 0.25) is 0 Å². The summed E-state index contributed by atoms with van der Waals surface area (Å²) in [7, 11) is 0. The minimum Gasteiger partial charge on any atom is -0.471 e. The molecule has 2 aliphatic rings. The zero-order valence-corrected chi connectivity index (χ0v) is 13.1. The number of piperidine rings is 1. The van der Waals surface area contributed by atoms with Gasteiger partial charge in [-0.1, -0.05) is 12.2 Å². The summed E-state index contributed by atoms with van der Waals surface area (Å²) >= 11 is 0. The van der Waals surface area contributed by atoms with Gasteiger partial charge in [-0.3, -0.25) is 4.79 Å². The van der Waals surface area contributed by atoms with E-state index in [0.29, 0.717) is 12.4 Å². The molecule has 0 bridgehead atoms. The van der Waals surface area contributed by atoms with Gasteiger partial charge in [-0.15, -0.1) is 5.10 Å². The van der Waals surface area contributed by atoms with Crippen LogP contribution in [-0.4, -0.2) is 40.2 Å². The Morgan fingerprint density at radius 2 is 2.18 bits per heavy atom. The van der Waals surface area contributed by atoms with E-state index in [2.05, 4.69) is 22.3 Å². The third-order valence-corrected chi connectivity index (χ3v) is 4.37. The number of likely N-dealkylation sites (tertiary alicyclic amines) is 1. The first-order valence-electron chi connectivity index (χ1n) is 8.13. The van der Waals surface area contributed by atoms with Gasteiger partial charge in [0.05, 0.1) is 12.2 Å². The lowest BCUT2D eigenvalue weighted by Crippen LogP contribution is -2.46. The summed E-state index contributed by atoms with van der Waals surface area (Å²) in [5, 5.41) is 8.06. The number of aromatic nitrogens is 2. The minimum absolute atomic E-state index is 0.0221. The van der Waals surface area contributed by atoms with Crippen LogP contribution in [0.25, 0.3) is 0 Å². The van der Waals surface area contributed by atoms with Crippen molar-refractivity contribution in [2.24, 2.45) is 5.92 Å². The molecule has 0 N–H and O–H groups in total. The Hall–Kier alpha value is -1.91. The molecular weight excluding hydrogens is 278 g/mol. The number of hydrogen-bond acceptors (Lipinski definition) is 4. The highest BCUT2D eigenvalue weighted by molar-refractivity contribution is 5.79. The summed E-state index contributed by atoms with van der Waals surface area (Å²) in [4.78, 5) is 14.6. The number of ether oxygens (including phenoxy) is 1. The van der Waals surface area contributed by atoms with E-state index in [1.54, 1.807) is 0 Å². The number of carbonyl (C=O) groups excluding carboxylic acids is 1. The lowest BCUT2D eigenvalue weighted by Gasteiger charge is -2.35. The van der Waals surface area contributed by atoms with Gasteiger partial charge < -0.3 is 9.64 Å². The summed E-state index contributed by atoms with van der Waals surface area (Å²) in [6.07, 6.45) is 9.14. The molecule has 118 valence electrons. The van der Waals surface area contributed by atoms with Gasteiger partial charge in [0.2, 0.25) is 11.8 Å². The number of carbonyl (C=O) groups is 1. The van der Waals surface area contributed by atoms with Crippen molar-refractivity contribution < 1.29 is 9.53 Å². The van der Waals surface area contributed by atoms with Crippen molar-refractivity contribution in [1.29, 1.82) is 0 Å². The van der Waals surface area contributed by atoms with Gasteiger partial charge in [-0.2, -0.15) is 5.10 Å². The number of amides is 1. The molecule has 1 amide bonds. The van der Waals surface area contributed by atoms with Crippen LogP contribution in [0.5, 0.6) is 5.88 Å². The van der Waals surface area contributed by atoms with Crippen LogP contribution in [-0.2, 0) is 4.79 Å². The average molecular weight is 301 g/mol. The van der Waals surface area contributed by atoms with Crippen LogP contribution < -0.4 is 4.74 Å². The van der Waals surface area contributed by atoms with E-state index in [0.717, 1.165) is 44.3 Å². The molecule has 1 aromatic heterocycles. The highest BCUT2D eigenvalue weighted by Gasteiger charge is 2.29. The van der Waals surface area contributed by atoms with Gasteiger partial charge in [-0.05, 0) is 45.1 Å². The Morgan fingerprint density at radius 1 is 1.27 bits per heavy atom. The lowest BCUT2D eigenvalue weighted by atomic mass is 9.92. The highest BCUT2D eigenvalue weighted by Crippen LogP contribution is 2.23. The maximum Gasteiger partial charge on any atom is 0.233 e. The van der Waals surface area contributed by atoms with Crippen molar-refractivity contribution in [1.82, 2.24) is 15.1 Å². The number of aryl methyl sites for hydroxylation is 1. The molecule has 0 saturated carbocycles. The van der Waals surface area contributed by atoms with Crippen LogP contribution in [0.15, 0.2) is 24.3 Å². The van der Waals surface area contributed by atoms with Gasteiger partial charge >= 0.3 is 0 Å². The molecule has 2 atom stereocenters. The molecule has 3 rings (SSSR count). The monoisotopic (exact) mass is 301 g/mol. The highest BCUT2D eigenvalue weighted by atomic mass is 16.5. The van der Waals surface area contributed by atoms with Crippen molar-refractivity contribution in [2.75, 3.05) is 13.1 Å². The summed E-state index contributed by atoms with van der Waals surface area (Å²) in [5.74, 6) is 0.987. The van der Waals surface area contributed by atoms with E-state index in [1.165, 1.54) is 0 Å². The third kappa shape index (κ3) is 3.64. The normalized spacial score (nSPS) is 25.0. The zero-order chi connectivity index (χ0) is 15.4. The Labute approximate surface area is 131 Å². The molecule has 0 aromatic carbocycles. The maximum absolute atomic E-state index is 12.6. The second-order valence-corrected chi connectivity index (χ2v) is 6.16. The standard InChI is InChI=1S/C17H23N3O2/c1-13-9-10-16(19-18-13)22-15-8-5-11-20(12-15)17(21)14-6-3-2-4-7-14/h2-3,9-10,14-15H,4-8,11-12H2,1H3/t14-,15+/m0/s1. The number of allylic oxidation sites excluding steroid dienone is 2. The summed E-state index contributed by atoms with van der Waals surface area (Å²) < 4.78 is 5.90. The average Bonchev–Trinajstić information content (AvgIpc) is 2.57. The van der Waals surface area contributed by atoms with Crippen molar-refractivity contribution in [3.05, 3.63) is 30.0 Å². The summed E-state index contributed by atoms with van der Waals surface area (Å²) in [6, 6.07) is 3.73. The Morgan fingerprint density at radius 3 is 2.91 bits per heavy atom. The molecule has 0 unspecified atom stereocenters. The molecule has 1 saturated heterocycles. The molecule has 2 heterocycles. The van der Waals surface area contributed by atoms with Gasteiger partial charge in [0, 0.05) is 18.5 Å². The zero-order valence-electron chi connectivity index (χ0n) is 13.1. The van der Waals surface area contributed by atoms with Crippen molar-refractivity contribution in [3.63, 3.8) is 0 Å². The van der Waals surface area contributed by atoms with Gasteiger partial charge in [0.1, 0.15) is 6.10 Å². The quantitative estimate of drug-likeness (QED) is 0.805. The van der Waals surface area contributed by atoms with Crippen molar-refractivity contribution in [2.45, 2.75) is 45.1 Å². The van der Waals surface area contributed by atoms with E-state index >= 15 is 0 Å². The molecule has 0 spiro atoms. The molecule has 22 heavy (non-hydrogen) atoms. The van der Waals surface area contributed by atoms with E-state index < -0.39 is 0 Å². The maximum atomic E-state index is 12.6. The molecule has 1 aliphatic carbocycles. The molecule has 1 aromatic rings. The molecule has 5 nitrogen and oxygen atoms in total. The second-order valence-electron chi connectivity index (χ2n) is 6.16. The van der Waals surface area contributed by atoms with E-state index in [4.69, 9.17) is 4.74 Å². The topological polar surface area (TPSA) is 55.3 Å². The first-order valence-corrected chi connectivity index (χ1v) is 8.13. The summed E-state index contributed by atoms with van der Waals surface area (Å²) in [5.41, 5.74) is 0.873. The van der Waals surface area contributed by atoms with Crippen molar-refractivity contribution in [3.8, 4) is 5.88 Å². The number of nitrogens with zero attached hydrogens (tertiary/aromatic N) is 3. The third-order valence-electron chi connectivity index (χ3n) is 4.37. The Bertz CT molecular complexity index is 541. The molecule has 0 radical (unpaired) electrons. The lowest BCUT2D eigenvalue weighted by molar-refractivity contribution is -0.138. The molecule has 5 heteroatoms. The predicted molar refractivity (Wildman–Crippen MR) is 83.5 cm³/mol. The van der Waals surface area contributed by atoms with Crippen LogP contribution in [0.1, 0.15) is 37.8 Å². The second kappa shape index (κ2) is 6.90. The fraction of sp³-hybridized carbons (Fsp3) is 0.588. The summed E-state index contributed by atoms with van der Waals surface area (Å²) in [6.45, 7) is 3.41. The number of rotatable bonds is 3. The van der Waals surface area contributed by atoms with Crippen LogP contribution >= 0.6 is 0 Å². The SMILES string of the molecule is Cc1ccc(O[C@@H]2CCCN(C(=O)[C@H]3CC=CCC3)C2)nn1. The first kappa shape index (κ1) is 15.0. The number of hydrogen-bond donors (Lipinski definition) is 0. The van der Waals surface area contributed by atoms with Gasteiger partial charge in [-0.25, -0.2) is 0 Å². The van der Waals surface area contributed by atoms with Gasteiger partial charge in [0.15, 0.2) is 0 Å². The van der Waals surface area contributed by atoms with Crippen LogP contribution in [0.4, 0.5) is 0 Å². The van der Waals surface area contributed by atoms with Crippen LogP contribution in [0.3, 0.4) is 0 Å². The fourth-order valence-corrected chi connectivity index (χ4v) is 3.13. The molecule has 1 fully saturated rings. The van der Waals surface area contributed by atoms with E-state index in [9.17, 15) is 4.79 Å².